The van der Waals surface area contributed by atoms with Crippen LogP contribution in [-0.2, 0) is 21.5 Å². The first-order valence-electron chi connectivity index (χ1n) is 16.7. The Bertz CT molecular complexity index is 1730. The number of morpholine rings is 1. The summed E-state index contributed by atoms with van der Waals surface area (Å²) in [5.74, 6) is 0.897. The molecule has 0 aliphatic carbocycles. The quantitative estimate of drug-likeness (QED) is 0.245. The van der Waals surface area contributed by atoms with Crippen LogP contribution in [0.1, 0.15) is 63.3 Å². The third-order valence-electron chi connectivity index (χ3n) is 9.83. The lowest BCUT2D eigenvalue weighted by molar-refractivity contribution is -0.160. The molecule has 48 heavy (non-hydrogen) atoms. The lowest BCUT2D eigenvalue weighted by Gasteiger charge is -2.47. The molecule has 260 valence electrons. The van der Waals surface area contributed by atoms with Gasteiger partial charge >= 0.3 is 4.87 Å². The number of halogens is 1. The summed E-state index contributed by atoms with van der Waals surface area (Å²) in [6, 6.07) is 8.35. The number of hydrogen-bond acceptors (Lipinski definition) is 10. The lowest BCUT2D eigenvalue weighted by Crippen LogP contribution is -2.59. The minimum Gasteiger partial charge on any atom is -0.506 e. The Balaban J connectivity index is 1.03. The zero-order valence-corrected chi connectivity index (χ0v) is 29.7. The third kappa shape index (κ3) is 7.36. The Hall–Kier alpha value is -2.81. The van der Waals surface area contributed by atoms with E-state index in [2.05, 4.69) is 29.0 Å². The first-order chi connectivity index (χ1) is 22.9. The number of piperidine rings is 1. The van der Waals surface area contributed by atoms with E-state index in [0.29, 0.717) is 71.4 Å². The Morgan fingerprint density at radius 2 is 2.00 bits per heavy atom. The number of nitrogens with one attached hydrogen (secondary N) is 2. The maximum Gasteiger partial charge on any atom is 0.305 e. The fourth-order valence-electron chi connectivity index (χ4n) is 6.99. The molecule has 1 spiro atoms. The van der Waals surface area contributed by atoms with Gasteiger partial charge in [0.25, 0.3) is 0 Å². The smallest absolute Gasteiger partial charge is 0.305 e. The molecule has 0 radical (unpaired) electrons. The number of thiazole rings is 1. The van der Waals surface area contributed by atoms with E-state index in [1.807, 2.05) is 36.9 Å². The van der Waals surface area contributed by atoms with Crippen LogP contribution in [0.2, 0.25) is 0 Å². The second kappa shape index (κ2) is 14.2. The highest BCUT2D eigenvalue weighted by Crippen LogP contribution is 2.35. The normalized spacial score (nSPS) is 20.9. The van der Waals surface area contributed by atoms with Crippen LogP contribution < -0.4 is 10.2 Å². The number of phenols is 1. The van der Waals surface area contributed by atoms with Crippen molar-refractivity contribution in [3.05, 3.63) is 62.5 Å². The fourth-order valence-corrected chi connectivity index (χ4v) is 8.99. The number of fused-ring (bicyclic) bond motifs is 1. The Morgan fingerprint density at radius 3 is 2.73 bits per heavy atom. The van der Waals surface area contributed by atoms with Crippen molar-refractivity contribution in [3.63, 3.8) is 0 Å². The van der Waals surface area contributed by atoms with Crippen LogP contribution in [0.25, 0.3) is 10.2 Å². The molecule has 1 unspecified atom stereocenters. The molecule has 2 fully saturated rings. The highest BCUT2D eigenvalue weighted by atomic mass is 32.2. The summed E-state index contributed by atoms with van der Waals surface area (Å²) in [4.78, 5) is 36.4. The predicted molar refractivity (Wildman–Crippen MR) is 190 cm³/mol. The molecule has 4 N–H and O–H groups in total. The average molecular weight is 700 g/mol. The Morgan fingerprint density at radius 1 is 1.23 bits per heavy atom. The number of ether oxygens (including phenoxy) is 1. The Labute approximate surface area is 288 Å². The van der Waals surface area contributed by atoms with E-state index in [0.717, 1.165) is 42.3 Å². The van der Waals surface area contributed by atoms with Crippen LogP contribution >= 0.6 is 23.1 Å². The molecule has 3 aliphatic rings. The molecule has 1 amide bonds. The van der Waals surface area contributed by atoms with Gasteiger partial charge in [-0.2, -0.15) is 0 Å². The predicted octanol–water partition coefficient (Wildman–Crippen LogP) is 4.40. The molecule has 13 heteroatoms. The molecule has 0 bridgehead atoms. The van der Waals surface area contributed by atoms with Gasteiger partial charge in [0.1, 0.15) is 23.1 Å². The topological polar surface area (TPSA) is 130 Å². The largest absolute Gasteiger partial charge is 0.506 e. The number of aliphatic hydroxyl groups excluding tert-OH is 1. The van der Waals surface area contributed by atoms with Crippen LogP contribution in [0.3, 0.4) is 0 Å². The van der Waals surface area contributed by atoms with Gasteiger partial charge in [-0.15, -0.1) is 11.8 Å². The maximum atomic E-state index is 16.1. The van der Waals surface area contributed by atoms with Crippen LogP contribution in [0.5, 0.6) is 5.75 Å². The molecule has 3 aliphatic heterocycles. The number of phenolic OH excluding ortho intramolecular Hbond substituents is 1. The summed E-state index contributed by atoms with van der Waals surface area (Å²) < 4.78 is 22.9. The van der Waals surface area contributed by atoms with Gasteiger partial charge in [0.2, 0.25) is 5.91 Å². The fraction of sp³-hybridized carbons (Fsp3) is 0.571. The van der Waals surface area contributed by atoms with E-state index < -0.39 is 11.5 Å². The SMILES string of the molecule is CC(C)C1=NC(C(=O)N2CCOC3(CCN(Cc4cccc(C(C)(C)CNC[C@H](O)c5ccc(O)c6[nH]c(=O)sc56)c4F)CC3)C2)CS1. The van der Waals surface area contributed by atoms with Gasteiger partial charge in [0.05, 0.1) is 28.1 Å². The van der Waals surface area contributed by atoms with Crippen molar-refractivity contribution in [3.8, 4) is 5.75 Å². The van der Waals surface area contributed by atoms with Gasteiger partial charge in [-0.3, -0.25) is 19.5 Å². The summed E-state index contributed by atoms with van der Waals surface area (Å²) in [7, 11) is 0. The standard InChI is InChI=1S/C35H46FN5O5S2/c1-21(2)31-38-25(18-47-31)32(44)41-14-15-46-35(20-41)10-12-40(13-11-35)17-22-6-5-7-24(28(22)36)34(3,4)19-37-16-27(43)23-8-9-26(42)29-30(23)48-33(45)39-29/h5-9,21,25,27,37,42-43H,10-20H2,1-4H3,(H,39,45)/t25?,27-/m0/s1. The summed E-state index contributed by atoms with van der Waals surface area (Å²) >= 11 is 2.64. The van der Waals surface area contributed by atoms with Crippen molar-refractivity contribution in [2.24, 2.45) is 10.9 Å². The molecule has 2 atom stereocenters. The molecule has 1 aromatic heterocycles. The summed E-state index contributed by atoms with van der Waals surface area (Å²) in [6.45, 7) is 12.5. The highest BCUT2D eigenvalue weighted by Gasteiger charge is 2.43. The summed E-state index contributed by atoms with van der Waals surface area (Å²) in [5.41, 5.74) is 1.17. The number of carbonyl (C=O) groups excluding carboxylic acids is 1. The Kier molecular flexibility index (Phi) is 10.4. The van der Waals surface area contributed by atoms with Crippen molar-refractivity contribution in [2.45, 2.75) is 70.2 Å². The van der Waals surface area contributed by atoms with Crippen LogP contribution in [0, 0.1) is 11.7 Å². The van der Waals surface area contributed by atoms with Gasteiger partial charge in [0, 0.05) is 74.0 Å². The molecule has 2 saturated heterocycles. The number of aliphatic hydroxyl groups is 1. The van der Waals surface area contributed by atoms with E-state index in [1.54, 1.807) is 17.8 Å². The van der Waals surface area contributed by atoms with Gasteiger partial charge in [-0.1, -0.05) is 63.3 Å². The first-order valence-corrected chi connectivity index (χ1v) is 18.5. The van der Waals surface area contributed by atoms with E-state index in [4.69, 9.17) is 9.73 Å². The number of amides is 1. The molecule has 4 heterocycles. The number of nitrogens with zero attached hydrogens (tertiary/aromatic N) is 3. The lowest BCUT2D eigenvalue weighted by atomic mass is 9.83. The second-order valence-corrected chi connectivity index (χ2v) is 16.2. The molecule has 6 rings (SSSR count). The number of rotatable bonds is 10. The monoisotopic (exact) mass is 699 g/mol. The molecular weight excluding hydrogens is 654 g/mol. The van der Waals surface area contributed by atoms with Gasteiger partial charge in [0.15, 0.2) is 0 Å². The zero-order valence-electron chi connectivity index (χ0n) is 28.1. The average Bonchev–Trinajstić information content (AvgIpc) is 3.71. The maximum absolute atomic E-state index is 16.1. The summed E-state index contributed by atoms with van der Waals surface area (Å²) in [5, 5.41) is 25.3. The number of carbonyl (C=O) groups is 1. The van der Waals surface area contributed by atoms with E-state index in [1.165, 1.54) is 6.07 Å². The van der Waals surface area contributed by atoms with Crippen molar-refractivity contribution in [2.75, 3.05) is 51.6 Å². The second-order valence-electron chi connectivity index (χ2n) is 14.2. The number of aromatic hydroxyl groups is 1. The number of likely N-dealkylation sites (tertiary alicyclic amines) is 1. The minimum atomic E-state index is -0.916. The molecule has 0 saturated carbocycles. The number of hydrogen-bond donors (Lipinski definition) is 4. The number of benzene rings is 2. The van der Waals surface area contributed by atoms with Crippen molar-refractivity contribution in [1.82, 2.24) is 20.1 Å². The van der Waals surface area contributed by atoms with E-state index in [9.17, 15) is 19.8 Å². The third-order valence-corrected chi connectivity index (χ3v) is 12.1. The number of aromatic amines is 1. The molecule has 3 aromatic rings. The number of aliphatic imine (C=N–C) groups is 1. The van der Waals surface area contributed by atoms with Crippen molar-refractivity contribution in [1.29, 1.82) is 0 Å². The highest BCUT2D eigenvalue weighted by molar-refractivity contribution is 8.14. The number of aromatic nitrogens is 1. The van der Waals surface area contributed by atoms with Crippen molar-refractivity contribution >= 4 is 44.3 Å². The number of thioether (sulfide) groups is 1. The van der Waals surface area contributed by atoms with Gasteiger partial charge in [-0.05, 0) is 24.5 Å². The molecule has 10 nitrogen and oxygen atoms in total. The number of H-pyrrole nitrogens is 1. The van der Waals surface area contributed by atoms with E-state index >= 15 is 4.39 Å². The van der Waals surface area contributed by atoms with Crippen LogP contribution in [0.4, 0.5) is 4.39 Å². The minimum absolute atomic E-state index is 0.0390. The zero-order chi connectivity index (χ0) is 34.2. The van der Waals surface area contributed by atoms with Crippen molar-refractivity contribution < 1.29 is 24.1 Å². The van der Waals surface area contributed by atoms with Crippen LogP contribution in [0.15, 0.2) is 40.1 Å². The van der Waals surface area contributed by atoms with Crippen LogP contribution in [-0.4, -0.2) is 99.2 Å². The summed E-state index contributed by atoms with van der Waals surface area (Å²) in [6.07, 6.45) is 0.644. The van der Waals surface area contributed by atoms with E-state index in [-0.39, 0.29) is 40.5 Å². The van der Waals surface area contributed by atoms with Gasteiger partial charge < -0.3 is 30.2 Å². The molecule has 2 aromatic carbocycles. The van der Waals surface area contributed by atoms with Gasteiger partial charge in [-0.25, -0.2) is 4.39 Å². The first kappa shape index (κ1) is 35.0. The molecular formula is C35H46FN5O5S2.